The Bertz CT molecular complexity index is 409. The number of nitrogens with one attached hydrogen (secondary N) is 1. The third-order valence-electron chi connectivity index (χ3n) is 3.49. The highest BCUT2D eigenvalue weighted by atomic mass is 16.5. The van der Waals surface area contributed by atoms with Crippen LogP contribution in [-0.4, -0.2) is 36.2 Å². The molecule has 1 N–H and O–H groups in total. The van der Waals surface area contributed by atoms with E-state index in [9.17, 15) is 0 Å². The molecule has 0 bridgehead atoms. The molecule has 0 radical (unpaired) electrons. The third-order valence-corrected chi connectivity index (χ3v) is 3.49. The second-order valence-corrected chi connectivity index (χ2v) is 5.29. The second-order valence-electron chi connectivity index (χ2n) is 5.29. The Hall–Kier alpha value is -1.36. The van der Waals surface area contributed by atoms with Crippen LogP contribution in [0, 0.1) is 5.92 Å². The van der Waals surface area contributed by atoms with E-state index >= 15 is 0 Å². The number of aromatic nitrogens is 2. The van der Waals surface area contributed by atoms with Crippen LogP contribution in [0.2, 0.25) is 0 Å². The van der Waals surface area contributed by atoms with Crippen LogP contribution < -0.4 is 10.2 Å². The lowest BCUT2D eigenvalue weighted by molar-refractivity contribution is 0.128. The van der Waals surface area contributed by atoms with Crippen molar-refractivity contribution in [1.29, 1.82) is 0 Å². The molecule has 1 atom stereocenters. The van der Waals surface area contributed by atoms with E-state index in [-0.39, 0.29) is 0 Å². The van der Waals surface area contributed by atoms with E-state index < -0.39 is 0 Å². The van der Waals surface area contributed by atoms with Gasteiger partial charge in [0.25, 0.3) is 0 Å². The lowest BCUT2D eigenvalue weighted by Crippen LogP contribution is -2.34. The molecule has 1 aromatic heterocycles. The van der Waals surface area contributed by atoms with E-state index in [1.807, 2.05) is 13.0 Å². The van der Waals surface area contributed by atoms with Gasteiger partial charge < -0.3 is 15.0 Å². The van der Waals surface area contributed by atoms with Crippen LogP contribution in [0.3, 0.4) is 0 Å². The van der Waals surface area contributed by atoms with Crippen molar-refractivity contribution >= 4 is 11.6 Å². The second kappa shape index (κ2) is 8.04. The molecule has 0 aliphatic rings. The van der Waals surface area contributed by atoms with Crippen molar-refractivity contribution < 1.29 is 4.74 Å². The van der Waals surface area contributed by atoms with Crippen LogP contribution in [0.25, 0.3) is 0 Å². The molecule has 0 saturated carbocycles. The summed E-state index contributed by atoms with van der Waals surface area (Å²) >= 11 is 0. The molecule has 20 heavy (non-hydrogen) atoms. The molecule has 0 aliphatic heterocycles. The zero-order valence-electron chi connectivity index (χ0n) is 13.6. The number of hydrogen-bond acceptors (Lipinski definition) is 5. The minimum Gasteiger partial charge on any atom is -0.374 e. The third kappa shape index (κ3) is 4.63. The van der Waals surface area contributed by atoms with Gasteiger partial charge in [-0.15, -0.1) is 0 Å². The van der Waals surface area contributed by atoms with Crippen molar-refractivity contribution in [1.82, 2.24) is 9.97 Å². The average Bonchev–Trinajstić information content (AvgIpc) is 2.43. The molecule has 1 unspecified atom stereocenters. The molecule has 1 rings (SSSR count). The summed E-state index contributed by atoms with van der Waals surface area (Å²) in [6, 6.07) is 2.41. The highest BCUT2D eigenvalue weighted by Crippen LogP contribution is 2.20. The average molecular weight is 280 g/mol. The van der Waals surface area contributed by atoms with Crippen LogP contribution >= 0.6 is 0 Å². The molecular formula is C15H28N4O. The largest absolute Gasteiger partial charge is 0.374 e. The van der Waals surface area contributed by atoms with Crippen LogP contribution in [0.4, 0.5) is 11.6 Å². The lowest BCUT2D eigenvalue weighted by atomic mass is 10.1. The Kier molecular flexibility index (Phi) is 6.71. The van der Waals surface area contributed by atoms with Crippen molar-refractivity contribution in [3.05, 3.63) is 11.9 Å². The Labute approximate surface area is 122 Å². The number of nitrogens with zero attached hydrogens (tertiary/aromatic N) is 3. The molecule has 0 spiro atoms. The van der Waals surface area contributed by atoms with Gasteiger partial charge in [0.1, 0.15) is 18.2 Å². The van der Waals surface area contributed by atoms with Crippen LogP contribution in [0.1, 0.15) is 40.4 Å². The number of rotatable bonds is 8. The van der Waals surface area contributed by atoms with E-state index in [2.05, 4.69) is 54.9 Å². The zero-order chi connectivity index (χ0) is 15.1. The van der Waals surface area contributed by atoms with Gasteiger partial charge in [0, 0.05) is 32.3 Å². The molecule has 5 nitrogen and oxygen atoms in total. The topological polar surface area (TPSA) is 50.3 Å². The molecule has 0 saturated heterocycles. The van der Waals surface area contributed by atoms with Crippen LogP contribution in [-0.2, 0) is 11.3 Å². The predicted octanol–water partition coefficient (Wildman–Crippen LogP) is 2.93. The SMILES string of the molecule is CCNc1cc(N(C)C(C)C(C)C)nc(COCC)n1. The van der Waals surface area contributed by atoms with Gasteiger partial charge in [0.2, 0.25) is 0 Å². The Balaban J connectivity index is 3.00. The first kappa shape index (κ1) is 16.7. The van der Waals surface area contributed by atoms with Gasteiger partial charge in [0.05, 0.1) is 0 Å². The van der Waals surface area contributed by atoms with Gasteiger partial charge in [-0.05, 0) is 26.7 Å². The summed E-state index contributed by atoms with van der Waals surface area (Å²) in [5.41, 5.74) is 0. The van der Waals surface area contributed by atoms with Crippen LogP contribution in [0.5, 0.6) is 0 Å². The Morgan fingerprint density at radius 1 is 1.25 bits per heavy atom. The molecule has 5 heteroatoms. The highest BCUT2D eigenvalue weighted by molar-refractivity contribution is 5.49. The predicted molar refractivity (Wildman–Crippen MR) is 84.2 cm³/mol. The summed E-state index contributed by atoms with van der Waals surface area (Å²) in [6.45, 7) is 12.6. The maximum Gasteiger partial charge on any atom is 0.158 e. The van der Waals surface area contributed by atoms with Gasteiger partial charge in [0.15, 0.2) is 5.82 Å². The van der Waals surface area contributed by atoms with Gasteiger partial charge in [-0.1, -0.05) is 13.8 Å². The van der Waals surface area contributed by atoms with E-state index in [0.29, 0.717) is 25.2 Å². The summed E-state index contributed by atoms with van der Waals surface area (Å²) in [5, 5.41) is 3.25. The monoisotopic (exact) mass is 280 g/mol. The first-order valence-electron chi connectivity index (χ1n) is 7.41. The summed E-state index contributed by atoms with van der Waals surface area (Å²) in [7, 11) is 2.08. The first-order chi connectivity index (χ1) is 9.49. The molecule has 0 aromatic carbocycles. The maximum absolute atomic E-state index is 5.42. The highest BCUT2D eigenvalue weighted by Gasteiger charge is 2.16. The summed E-state index contributed by atoms with van der Waals surface area (Å²) in [4.78, 5) is 11.3. The molecule has 0 fully saturated rings. The van der Waals surface area contributed by atoms with Crippen LogP contribution in [0.15, 0.2) is 6.07 Å². The fraction of sp³-hybridized carbons (Fsp3) is 0.733. The van der Waals surface area contributed by atoms with Crippen molar-refractivity contribution in [3.8, 4) is 0 Å². The Morgan fingerprint density at radius 3 is 2.50 bits per heavy atom. The fourth-order valence-corrected chi connectivity index (χ4v) is 1.85. The van der Waals surface area contributed by atoms with E-state index in [1.165, 1.54) is 0 Å². The van der Waals surface area contributed by atoms with Gasteiger partial charge in [-0.3, -0.25) is 0 Å². The van der Waals surface area contributed by atoms with Crippen molar-refractivity contribution in [2.45, 2.75) is 47.3 Å². The zero-order valence-corrected chi connectivity index (χ0v) is 13.6. The normalized spacial score (nSPS) is 12.6. The molecule has 0 aliphatic carbocycles. The van der Waals surface area contributed by atoms with E-state index in [1.54, 1.807) is 0 Å². The summed E-state index contributed by atoms with van der Waals surface area (Å²) in [6.07, 6.45) is 0. The minimum absolute atomic E-state index is 0.416. The van der Waals surface area contributed by atoms with Gasteiger partial charge >= 0.3 is 0 Å². The van der Waals surface area contributed by atoms with Crippen molar-refractivity contribution in [3.63, 3.8) is 0 Å². The van der Waals surface area contributed by atoms with E-state index in [4.69, 9.17) is 4.74 Å². The molecular weight excluding hydrogens is 252 g/mol. The van der Waals surface area contributed by atoms with Crippen molar-refractivity contribution in [2.75, 3.05) is 30.4 Å². The van der Waals surface area contributed by atoms with E-state index in [0.717, 1.165) is 24.0 Å². The fourth-order valence-electron chi connectivity index (χ4n) is 1.85. The standard InChI is InChI=1S/C15H28N4O/c1-7-16-13-9-15(19(6)12(5)11(3)4)18-14(17-13)10-20-8-2/h9,11-12H,7-8,10H2,1-6H3,(H,16,17,18). The molecule has 0 amide bonds. The lowest BCUT2D eigenvalue weighted by Gasteiger charge is -2.29. The van der Waals surface area contributed by atoms with Crippen molar-refractivity contribution in [2.24, 2.45) is 5.92 Å². The Morgan fingerprint density at radius 2 is 1.95 bits per heavy atom. The first-order valence-corrected chi connectivity index (χ1v) is 7.41. The quantitative estimate of drug-likeness (QED) is 0.793. The molecule has 114 valence electrons. The smallest absolute Gasteiger partial charge is 0.158 e. The molecule has 1 aromatic rings. The number of hydrogen-bond donors (Lipinski definition) is 1. The summed E-state index contributed by atoms with van der Waals surface area (Å²) < 4.78 is 5.42. The summed E-state index contributed by atoms with van der Waals surface area (Å²) in [5.74, 6) is 3.08. The number of ether oxygens (including phenoxy) is 1. The maximum atomic E-state index is 5.42. The number of anilines is 2. The van der Waals surface area contributed by atoms with Gasteiger partial charge in [-0.2, -0.15) is 0 Å². The van der Waals surface area contributed by atoms with Gasteiger partial charge in [-0.25, -0.2) is 9.97 Å². The minimum atomic E-state index is 0.416. The molecule has 1 heterocycles.